The van der Waals surface area contributed by atoms with E-state index in [0.29, 0.717) is 0 Å². The summed E-state index contributed by atoms with van der Waals surface area (Å²) < 4.78 is 0. The van der Waals surface area contributed by atoms with E-state index in [4.69, 9.17) is 6.92 Å². The maximum Gasteiger partial charge on any atom is 0.0766 e. The lowest BCUT2D eigenvalue weighted by Gasteiger charge is -2.61. The summed E-state index contributed by atoms with van der Waals surface area (Å²) in [5, 5.41) is 11.8. The highest BCUT2D eigenvalue weighted by atomic mass is 16.3. The monoisotopic (exact) mass is 307 g/mol. The highest BCUT2D eigenvalue weighted by Crippen LogP contribution is 2.63. The molecule has 0 heterocycles. The Morgan fingerprint density at radius 3 is 1.64 bits per heavy atom. The predicted molar refractivity (Wildman–Crippen MR) is 97.6 cm³/mol. The molecule has 1 aliphatic rings. The number of hydrogen-bond donors (Lipinski definition) is 1. The van der Waals surface area contributed by atoms with E-state index in [1.807, 2.05) is 0 Å². The van der Waals surface area contributed by atoms with Crippen LogP contribution in [-0.2, 0) is 0 Å². The van der Waals surface area contributed by atoms with Gasteiger partial charge in [-0.1, -0.05) is 80.4 Å². The summed E-state index contributed by atoms with van der Waals surface area (Å²) in [7, 11) is 0. The molecule has 0 aromatic heterocycles. The van der Waals surface area contributed by atoms with Crippen molar-refractivity contribution in [2.24, 2.45) is 27.6 Å². The molecule has 0 spiro atoms. The average Bonchev–Trinajstić information content (AvgIpc) is 2.26. The van der Waals surface area contributed by atoms with E-state index < -0.39 is 5.60 Å². The molecular formula is C21H39O. The molecule has 0 amide bonds. The fraction of sp³-hybridized carbons (Fsp3) is 0.857. The lowest BCUT2D eigenvalue weighted by atomic mass is 9.45. The van der Waals surface area contributed by atoms with E-state index in [9.17, 15) is 5.11 Å². The van der Waals surface area contributed by atoms with Crippen molar-refractivity contribution in [1.82, 2.24) is 0 Å². The predicted octanol–water partition coefficient (Wildman–Crippen LogP) is 6.03. The molecule has 1 heteroatoms. The summed E-state index contributed by atoms with van der Waals surface area (Å²) in [6.07, 6.45) is 0.750. The van der Waals surface area contributed by atoms with Crippen molar-refractivity contribution in [3.05, 3.63) is 18.1 Å². The molecule has 0 fully saturated rings. The van der Waals surface area contributed by atoms with Crippen molar-refractivity contribution in [3.8, 4) is 0 Å². The van der Waals surface area contributed by atoms with Gasteiger partial charge in [-0.3, -0.25) is 0 Å². The molecule has 0 aromatic rings. The fourth-order valence-electron chi connectivity index (χ4n) is 4.51. The second-order valence-corrected chi connectivity index (χ2v) is 10.6. The number of rotatable bonds is 0. The zero-order valence-corrected chi connectivity index (χ0v) is 16.9. The second kappa shape index (κ2) is 5.10. The molecule has 1 N–H and O–H groups in total. The summed E-state index contributed by atoms with van der Waals surface area (Å²) in [4.78, 5) is 0. The van der Waals surface area contributed by atoms with Gasteiger partial charge in [0.2, 0.25) is 0 Å². The Hall–Kier alpha value is -0.300. The molecular weight excluding hydrogens is 268 g/mol. The van der Waals surface area contributed by atoms with Crippen molar-refractivity contribution in [2.75, 3.05) is 0 Å². The third kappa shape index (κ3) is 2.68. The summed E-state index contributed by atoms with van der Waals surface area (Å²) in [5.41, 5.74) is 1.61. The van der Waals surface area contributed by atoms with Crippen molar-refractivity contribution in [1.29, 1.82) is 0 Å². The summed E-state index contributed by atoms with van der Waals surface area (Å²) in [5.74, 6) is 0.103. The van der Waals surface area contributed by atoms with Crippen molar-refractivity contribution in [3.63, 3.8) is 0 Å². The molecule has 3 atom stereocenters. The zero-order valence-electron chi connectivity index (χ0n) is 16.9. The molecule has 0 aromatic carbocycles. The van der Waals surface area contributed by atoms with Crippen LogP contribution in [0.25, 0.3) is 0 Å². The Labute approximate surface area is 139 Å². The molecule has 1 radical (unpaired) electrons. The van der Waals surface area contributed by atoms with Crippen LogP contribution >= 0.6 is 0 Å². The van der Waals surface area contributed by atoms with Crippen LogP contribution in [0, 0.1) is 34.5 Å². The van der Waals surface area contributed by atoms with Gasteiger partial charge >= 0.3 is 0 Å². The van der Waals surface area contributed by atoms with Crippen molar-refractivity contribution < 1.29 is 5.11 Å². The Morgan fingerprint density at radius 2 is 1.36 bits per heavy atom. The first-order chi connectivity index (χ1) is 9.40. The third-order valence-electron chi connectivity index (χ3n) is 6.57. The molecule has 1 nitrogen and oxygen atoms in total. The lowest BCUT2D eigenvalue weighted by molar-refractivity contribution is -0.151. The standard InChI is InChI=1S/C21H39O/c1-14-16(17(3,4)5)13-21(22,19(9,10)11)15(2)20(14,12)18(6,7)8/h15,22H,12-13H2,1-11H3. The minimum absolute atomic E-state index is 0.00729. The van der Waals surface area contributed by atoms with Gasteiger partial charge in [-0.2, -0.15) is 0 Å². The second-order valence-electron chi connectivity index (χ2n) is 10.6. The van der Waals surface area contributed by atoms with Gasteiger partial charge in [-0.25, -0.2) is 0 Å². The fourth-order valence-corrected chi connectivity index (χ4v) is 4.51. The average molecular weight is 308 g/mol. The Balaban J connectivity index is 3.76. The topological polar surface area (TPSA) is 20.2 Å². The molecule has 0 aliphatic heterocycles. The minimum Gasteiger partial charge on any atom is -0.389 e. The van der Waals surface area contributed by atoms with Crippen LogP contribution in [-0.4, -0.2) is 10.7 Å². The third-order valence-corrected chi connectivity index (χ3v) is 6.57. The van der Waals surface area contributed by atoms with Gasteiger partial charge in [-0.05, 0) is 42.4 Å². The van der Waals surface area contributed by atoms with E-state index in [2.05, 4.69) is 76.2 Å². The van der Waals surface area contributed by atoms with E-state index >= 15 is 0 Å². The van der Waals surface area contributed by atoms with E-state index in [-0.39, 0.29) is 27.6 Å². The summed E-state index contributed by atoms with van der Waals surface area (Å²) >= 11 is 0. The minimum atomic E-state index is -0.746. The first-order valence-electron chi connectivity index (χ1n) is 8.69. The largest absolute Gasteiger partial charge is 0.389 e. The van der Waals surface area contributed by atoms with Crippen LogP contribution < -0.4 is 0 Å². The highest BCUT2D eigenvalue weighted by molar-refractivity contribution is 5.36. The molecule has 3 unspecified atom stereocenters. The van der Waals surface area contributed by atoms with Gasteiger partial charge in [-0.15, -0.1) is 0 Å². The molecule has 0 saturated heterocycles. The zero-order chi connectivity index (χ0) is 17.9. The van der Waals surface area contributed by atoms with Gasteiger partial charge in [0.25, 0.3) is 0 Å². The van der Waals surface area contributed by atoms with Gasteiger partial charge in [0.1, 0.15) is 0 Å². The molecule has 0 bridgehead atoms. The van der Waals surface area contributed by atoms with E-state index in [1.54, 1.807) is 0 Å². The Kier molecular flexibility index (Phi) is 4.57. The normalized spacial score (nSPS) is 35.0. The quantitative estimate of drug-likeness (QED) is 0.541. The molecule has 22 heavy (non-hydrogen) atoms. The molecule has 1 aliphatic carbocycles. The number of hydrogen-bond acceptors (Lipinski definition) is 1. The van der Waals surface area contributed by atoms with Gasteiger partial charge in [0.15, 0.2) is 0 Å². The van der Waals surface area contributed by atoms with E-state index in [1.165, 1.54) is 11.1 Å². The molecule has 0 saturated carbocycles. The van der Waals surface area contributed by atoms with Crippen LogP contribution in [0.2, 0.25) is 0 Å². The smallest absolute Gasteiger partial charge is 0.0766 e. The molecule has 1 rings (SSSR count). The van der Waals surface area contributed by atoms with Crippen LogP contribution in [0.15, 0.2) is 11.1 Å². The van der Waals surface area contributed by atoms with Crippen LogP contribution in [0.4, 0.5) is 0 Å². The lowest BCUT2D eigenvalue weighted by Crippen LogP contribution is -2.60. The van der Waals surface area contributed by atoms with Crippen LogP contribution in [0.3, 0.4) is 0 Å². The van der Waals surface area contributed by atoms with Gasteiger partial charge in [0, 0.05) is 5.41 Å². The van der Waals surface area contributed by atoms with Crippen molar-refractivity contribution in [2.45, 2.75) is 88.2 Å². The van der Waals surface area contributed by atoms with Crippen molar-refractivity contribution >= 4 is 0 Å². The summed E-state index contributed by atoms with van der Waals surface area (Å²) in [6.45, 7) is 29.2. The number of aliphatic hydroxyl groups is 1. The van der Waals surface area contributed by atoms with Gasteiger partial charge in [0.05, 0.1) is 5.60 Å². The Morgan fingerprint density at radius 1 is 0.955 bits per heavy atom. The highest BCUT2D eigenvalue weighted by Gasteiger charge is 2.59. The molecule has 129 valence electrons. The summed E-state index contributed by atoms with van der Waals surface area (Å²) in [6, 6.07) is 0. The van der Waals surface area contributed by atoms with E-state index in [0.717, 1.165) is 6.42 Å². The maximum atomic E-state index is 11.8. The number of allylic oxidation sites excluding steroid dienone is 1. The first-order valence-corrected chi connectivity index (χ1v) is 8.69. The SMILES string of the molecule is [CH2]C1(C(C)(C)C)C(C)=C(C(C)(C)C)CC(O)(C(C)(C)C)C1C. The Bertz CT molecular complexity index is 464. The maximum absolute atomic E-state index is 11.8. The first kappa shape index (κ1) is 19.7. The van der Waals surface area contributed by atoms with Gasteiger partial charge < -0.3 is 5.11 Å². The van der Waals surface area contributed by atoms with Crippen LogP contribution in [0.1, 0.15) is 82.6 Å². The van der Waals surface area contributed by atoms with Crippen LogP contribution in [0.5, 0.6) is 0 Å².